The Labute approximate surface area is 138 Å². The fraction of sp³-hybridized carbons (Fsp3) is 0.647. The Morgan fingerprint density at radius 3 is 2.74 bits per heavy atom. The van der Waals surface area contributed by atoms with Crippen LogP contribution in [-0.2, 0) is 26.1 Å². The van der Waals surface area contributed by atoms with Crippen LogP contribution in [0.1, 0.15) is 31.2 Å². The van der Waals surface area contributed by atoms with Crippen LogP contribution in [0.5, 0.6) is 0 Å². The van der Waals surface area contributed by atoms with E-state index < -0.39 is 10.0 Å². The first-order chi connectivity index (χ1) is 11.1. The predicted molar refractivity (Wildman–Crippen MR) is 88.6 cm³/mol. The number of benzene rings is 1. The molecule has 0 spiro atoms. The standard InChI is InChI=1S/C17H25NO4S/c19-23(20,14-17-9-5-11-22-17)18-10-4-8-16(18)13-21-12-15-6-2-1-3-7-15/h1-3,6-7,16-17H,4-5,8-14H2/t16-,17?/m1/s1. The van der Waals surface area contributed by atoms with Gasteiger partial charge in [0.05, 0.1) is 25.1 Å². The second-order valence-electron chi connectivity index (χ2n) is 6.32. The molecule has 2 aliphatic heterocycles. The van der Waals surface area contributed by atoms with Gasteiger partial charge in [0, 0.05) is 19.2 Å². The van der Waals surface area contributed by atoms with Gasteiger partial charge < -0.3 is 9.47 Å². The molecule has 1 unspecified atom stereocenters. The lowest BCUT2D eigenvalue weighted by molar-refractivity contribution is 0.0862. The van der Waals surface area contributed by atoms with Crippen molar-refractivity contribution in [2.75, 3.05) is 25.5 Å². The molecule has 23 heavy (non-hydrogen) atoms. The summed E-state index contributed by atoms with van der Waals surface area (Å²) in [6, 6.07) is 9.92. The monoisotopic (exact) mass is 339 g/mol. The molecular formula is C17H25NO4S. The summed E-state index contributed by atoms with van der Waals surface area (Å²) in [4.78, 5) is 0. The normalized spacial score (nSPS) is 25.9. The third-order valence-electron chi connectivity index (χ3n) is 4.52. The molecule has 5 nitrogen and oxygen atoms in total. The highest BCUT2D eigenvalue weighted by molar-refractivity contribution is 7.89. The second kappa shape index (κ2) is 7.75. The second-order valence-corrected chi connectivity index (χ2v) is 8.29. The maximum Gasteiger partial charge on any atom is 0.216 e. The zero-order valence-electron chi connectivity index (χ0n) is 13.4. The first-order valence-corrected chi connectivity index (χ1v) is 9.99. The predicted octanol–water partition coefficient (Wildman–Crippen LogP) is 2.18. The molecule has 1 aromatic carbocycles. The maximum atomic E-state index is 12.6. The number of hydrogen-bond donors (Lipinski definition) is 0. The van der Waals surface area contributed by atoms with Gasteiger partial charge in [0.25, 0.3) is 0 Å². The van der Waals surface area contributed by atoms with Gasteiger partial charge in [0.2, 0.25) is 10.0 Å². The van der Waals surface area contributed by atoms with E-state index >= 15 is 0 Å². The first-order valence-electron chi connectivity index (χ1n) is 8.38. The Hall–Kier alpha value is -0.950. The highest BCUT2D eigenvalue weighted by atomic mass is 32.2. The fourth-order valence-electron chi connectivity index (χ4n) is 3.34. The molecule has 6 heteroatoms. The lowest BCUT2D eigenvalue weighted by Crippen LogP contribution is -2.41. The lowest BCUT2D eigenvalue weighted by atomic mass is 10.2. The van der Waals surface area contributed by atoms with Crippen molar-refractivity contribution in [2.24, 2.45) is 0 Å². The van der Waals surface area contributed by atoms with Gasteiger partial charge in [0.1, 0.15) is 0 Å². The average Bonchev–Trinajstić information content (AvgIpc) is 3.20. The molecule has 2 fully saturated rings. The summed E-state index contributed by atoms with van der Waals surface area (Å²) in [6.45, 7) is 2.27. The van der Waals surface area contributed by atoms with Crippen LogP contribution in [0.15, 0.2) is 30.3 Å². The molecule has 2 aliphatic rings. The van der Waals surface area contributed by atoms with Gasteiger partial charge in [-0.3, -0.25) is 0 Å². The van der Waals surface area contributed by atoms with E-state index in [0.29, 0.717) is 26.4 Å². The highest BCUT2D eigenvalue weighted by Crippen LogP contribution is 2.24. The summed E-state index contributed by atoms with van der Waals surface area (Å²) in [7, 11) is -3.26. The van der Waals surface area contributed by atoms with Gasteiger partial charge in [-0.1, -0.05) is 30.3 Å². The molecule has 0 aliphatic carbocycles. The Bertz CT molecular complexity index is 584. The van der Waals surface area contributed by atoms with Crippen LogP contribution >= 0.6 is 0 Å². The van der Waals surface area contributed by atoms with Crippen LogP contribution in [0.3, 0.4) is 0 Å². The molecule has 3 rings (SSSR count). The Kier molecular flexibility index (Phi) is 5.69. The van der Waals surface area contributed by atoms with Crippen molar-refractivity contribution in [1.82, 2.24) is 4.31 Å². The summed E-state index contributed by atoms with van der Waals surface area (Å²) >= 11 is 0. The number of nitrogens with zero attached hydrogens (tertiary/aromatic N) is 1. The van der Waals surface area contributed by atoms with Crippen LogP contribution in [0.4, 0.5) is 0 Å². The van der Waals surface area contributed by atoms with Crippen molar-refractivity contribution < 1.29 is 17.9 Å². The van der Waals surface area contributed by atoms with E-state index in [1.807, 2.05) is 30.3 Å². The van der Waals surface area contributed by atoms with Crippen molar-refractivity contribution >= 4 is 10.0 Å². The topological polar surface area (TPSA) is 55.8 Å². The SMILES string of the molecule is O=S(=O)(CC1CCCO1)N1CCC[C@@H]1COCc1ccccc1. The molecule has 0 radical (unpaired) electrons. The van der Waals surface area contributed by atoms with E-state index in [0.717, 1.165) is 31.2 Å². The van der Waals surface area contributed by atoms with Gasteiger partial charge in [-0.05, 0) is 31.2 Å². The van der Waals surface area contributed by atoms with Crippen LogP contribution in [-0.4, -0.2) is 50.4 Å². The molecule has 1 aromatic rings. The van der Waals surface area contributed by atoms with Crippen molar-refractivity contribution in [3.05, 3.63) is 35.9 Å². The minimum atomic E-state index is -3.26. The van der Waals surface area contributed by atoms with E-state index in [-0.39, 0.29) is 17.9 Å². The van der Waals surface area contributed by atoms with Crippen molar-refractivity contribution in [3.63, 3.8) is 0 Å². The van der Waals surface area contributed by atoms with Crippen LogP contribution in [0.2, 0.25) is 0 Å². The summed E-state index contributed by atoms with van der Waals surface area (Å²) in [6.07, 6.45) is 3.46. The Morgan fingerprint density at radius 1 is 1.17 bits per heavy atom. The molecule has 0 saturated carbocycles. The molecule has 128 valence electrons. The van der Waals surface area contributed by atoms with E-state index in [1.165, 1.54) is 0 Å². The summed E-state index contributed by atoms with van der Waals surface area (Å²) in [5, 5.41) is 0. The van der Waals surface area contributed by atoms with Crippen LogP contribution in [0.25, 0.3) is 0 Å². The zero-order chi connectivity index (χ0) is 16.1. The molecule has 2 saturated heterocycles. The number of hydrogen-bond acceptors (Lipinski definition) is 4. The minimum absolute atomic E-state index is 0.0369. The Balaban J connectivity index is 1.52. The van der Waals surface area contributed by atoms with E-state index in [1.54, 1.807) is 4.31 Å². The van der Waals surface area contributed by atoms with Crippen molar-refractivity contribution in [3.8, 4) is 0 Å². The molecule has 0 aromatic heterocycles. The highest BCUT2D eigenvalue weighted by Gasteiger charge is 2.36. The van der Waals surface area contributed by atoms with Crippen molar-refractivity contribution in [1.29, 1.82) is 0 Å². The van der Waals surface area contributed by atoms with E-state index in [4.69, 9.17) is 9.47 Å². The molecule has 0 N–H and O–H groups in total. The number of ether oxygens (including phenoxy) is 2. The molecule has 2 atom stereocenters. The largest absolute Gasteiger partial charge is 0.377 e. The van der Waals surface area contributed by atoms with Gasteiger partial charge in [0.15, 0.2) is 0 Å². The average molecular weight is 339 g/mol. The fourth-order valence-corrected chi connectivity index (χ4v) is 5.29. The van der Waals surface area contributed by atoms with Gasteiger partial charge in [-0.25, -0.2) is 8.42 Å². The van der Waals surface area contributed by atoms with E-state index in [2.05, 4.69) is 0 Å². The van der Waals surface area contributed by atoms with Gasteiger partial charge >= 0.3 is 0 Å². The third-order valence-corrected chi connectivity index (χ3v) is 6.51. The van der Waals surface area contributed by atoms with Crippen LogP contribution < -0.4 is 0 Å². The maximum absolute atomic E-state index is 12.6. The quantitative estimate of drug-likeness (QED) is 0.764. The van der Waals surface area contributed by atoms with Crippen LogP contribution in [0, 0.1) is 0 Å². The minimum Gasteiger partial charge on any atom is -0.377 e. The summed E-state index contributed by atoms with van der Waals surface area (Å²) in [5.74, 6) is 0.113. The third kappa shape index (κ3) is 4.53. The van der Waals surface area contributed by atoms with Gasteiger partial charge in [-0.15, -0.1) is 0 Å². The molecule has 2 heterocycles. The molecule has 0 amide bonds. The lowest BCUT2D eigenvalue weighted by Gasteiger charge is -2.25. The smallest absolute Gasteiger partial charge is 0.216 e. The number of rotatable bonds is 7. The number of sulfonamides is 1. The molecular weight excluding hydrogens is 314 g/mol. The van der Waals surface area contributed by atoms with E-state index in [9.17, 15) is 8.42 Å². The van der Waals surface area contributed by atoms with Crippen molar-refractivity contribution in [2.45, 2.75) is 44.4 Å². The molecule has 0 bridgehead atoms. The first kappa shape index (κ1) is 16.9. The summed E-state index contributed by atoms with van der Waals surface area (Å²) in [5.41, 5.74) is 1.11. The van der Waals surface area contributed by atoms with Gasteiger partial charge in [-0.2, -0.15) is 4.31 Å². The summed E-state index contributed by atoms with van der Waals surface area (Å²) < 4.78 is 38.1. The Morgan fingerprint density at radius 2 is 2.00 bits per heavy atom. The zero-order valence-corrected chi connectivity index (χ0v) is 14.2.